The molecule has 0 unspecified atom stereocenters. The Hall–Kier alpha value is -2.61. The Balaban J connectivity index is 2.67. The van der Waals surface area contributed by atoms with Crippen LogP contribution >= 0.6 is 0 Å². The summed E-state index contributed by atoms with van der Waals surface area (Å²) in [6, 6.07) is 7.71. The predicted octanol–water partition coefficient (Wildman–Crippen LogP) is 2.50. The van der Waals surface area contributed by atoms with Crippen molar-refractivity contribution in [2.24, 2.45) is 5.73 Å². The summed E-state index contributed by atoms with van der Waals surface area (Å²) in [4.78, 5) is 11.8. The summed E-state index contributed by atoms with van der Waals surface area (Å²) in [5.41, 5.74) is 6.64. The van der Waals surface area contributed by atoms with Crippen molar-refractivity contribution in [2.75, 3.05) is 0 Å². The molecule has 1 aliphatic rings. The van der Waals surface area contributed by atoms with Gasteiger partial charge in [-0.3, -0.25) is 4.79 Å². The van der Waals surface area contributed by atoms with Gasteiger partial charge in [0.15, 0.2) is 5.78 Å². The fraction of sp³-hybridized carbons (Fsp3) is 0.200. The number of ketones is 1. The van der Waals surface area contributed by atoms with E-state index in [1.807, 2.05) is 6.07 Å². The number of nitrogens with two attached hydrogens (primary N) is 1. The van der Waals surface area contributed by atoms with Crippen LogP contribution in [0.5, 0.6) is 0 Å². The van der Waals surface area contributed by atoms with Crippen LogP contribution in [0.3, 0.4) is 0 Å². The van der Waals surface area contributed by atoms with E-state index < -0.39 is 11.7 Å². The molecule has 5 heteroatoms. The van der Waals surface area contributed by atoms with Gasteiger partial charge in [-0.05, 0) is 31.5 Å². The molecule has 0 bridgehead atoms. The van der Waals surface area contributed by atoms with Crippen LogP contribution in [-0.2, 0) is 9.53 Å². The van der Waals surface area contributed by atoms with Crippen LogP contribution in [0.1, 0.15) is 25.3 Å². The Kier molecular flexibility index (Phi) is 3.57. The summed E-state index contributed by atoms with van der Waals surface area (Å²) in [6.07, 6.45) is 0. The third-order valence-electron chi connectivity index (χ3n) is 3.17. The lowest BCUT2D eigenvalue weighted by Crippen LogP contribution is -2.23. The quantitative estimate of drug-likeness (QED) is 0.897. The molecule has 0 radical (unpaired) electrons. The van der Waals surface area contributed by atoms with Gasteiger partial charge in [-0.15, -0.1) is 0 Å². The third kappa shape index (κ3) is 2.28. The topological polar surface area (TPSA) is 76.1 Å². The number of rotatable bonds is 2. The molecule has 0 aliphatic carbocycles. The minimum absolute atomic E-state index is 0.0516. The van der Waals surface area contributed by atoms with Crippen molar-refractivity contribution >= 4 is 5.78 Å². The van der Waals surface area contributed by atoms with Crippen molar-refractivity contribution < 1.29 is 13.9 Å². The van der Waals surface area contributed by atoms with Crippen LogP contribution in [0.15, 0.2) is 47.1 Å². The van der Waals surface area contributed by atoms with Gasteiger partial charge in [0.1, 0.15) is 23.2 Å². The number of hydrogen-bond donors (Lipinski definition) is 1. The van der Waals surface area contributed by atoms with Crippen molar-refractivity contribution in [3.63, 3.8) is 0 Å². The Labute approximate surface area is 116 Å². The van der Waals surface area contributed by atoms with Crippen LogP contribution in [0.4, 0.5) is 4.39 Å². The first-order valence-corrected chi connectivity index (χ1v) is 6.00. The van der Waals surface area contributed by atoms with Crippen LogP contribution in [0, 0.1) is 17.1 Å². The van der Waals surface area contributed by atoms with E-state index in [4.69, 9.17) is 10.5 Å². The Bertz CT molecular complexity index is 683. The normalized spacial score (nSPS) is 18.6. The number of nitrogens with zero attached hydrogens (tertiary/aromatic N) is 1. The number of halogens is 1. The van der Waals surface area contributed by atoms with Crippen molar-refractivity contribution in [2.45, 2.75) is 19.8 Å². The summed E-state index contributed by atoms with van der Waals surface area (Å²) >= 11 is 0. The van der Waals surface area contributed by atoms with Gasteiger partial charge in [0.2, 0.25) is 5.88 Å². The van der Waals surface area contributed by atoms with E-state index in [0.717, 1.165) is 0 Å². The van der Waals surface area contributed by atoms with Crippen molar-refractivity contribution in [1.82, 2.24) is 0 Å². The largest absolute Gasteiger partial charge is 0.445 e. The minimum Gasteiger partial charge on any atom is -0.445 e. The zero-order valence-electron chi connectivity index (χ0n) is 11.1. The molecule has 1 atom stereocenters. The minimum atomic E-state index is -0.693. The second kappa shape index (κ2) is 5.17. The summed E-state index contributed by atoms with van der Waals surface area (Å²) in [7, 11) is 0. The molecule has 4 nitrogen and oxygen atoms in total. The molecular weight excluding hydrogens is 259 g/mol. The maximum Gasteiger partial charge on any atom is 0.205 e. The lowest BCUT2D eigenvalue weighted by atomic mass is 9.81. The van der Waals surface area contributed by atoms with E-state index in [2.05, 4.69) is 0 Å². The Morgan fingerprint density at radius 2 is 2.20 bits per heavy atom. The van der Waals surface area contributed by atoms with Crippen LogP contribution in [0.2, 0.25) is 0 Å². The molecule has 0 saturated carbocycles. The van der Waals surface area contributed by atoms with Crippen molar-refractivity contribution in [1.29, 1.82) is 5.26 Å². The first kappa shape index (κ1) is 13.8. The van der Waals surface area contributed by atoms with Gasteiger partial charge in [0.05, 0.1) is 5.92 Å². The molecule has 0 fully saturated rings. The van der Waals surface area contributed by atoms with E-state index in [9.17, 15) is 14.4 Å². The Morgan fingerprint density at radius 1 is 1.50 bits per heavy atom. The molecular formula is C15H13FN2O2. The van der Waals surface area contributed by atoms with Gasteiger partial charge in [-0.1, -0.05) is 12.1 Å². The summed E-state index contributed by atoms with van der Waals surface area (Å²) < 4.78 is 18.7. The van der Waals surface area contributed by atoms with Crippen LogP contribution in [0.25, 0.3) is 0 Å². The highest BCUT2D eigenvalue weighted by molar-refractivity contribution is 5.96. The van der Waals surface area contributed by atoms with Gasteiger partial charge >= 0.3 is 0 Å². The van der Waals surface area contributed by atoms with Crippen LogP contribution < -0.4 is 5.73 Å². The average Bonchev–Trinajstić information content (AvgIpc) is 2.37. The Morgan fingerprint density at radius 3 is 2.75 bits per heavy atom. The number of allylic oxidation sites excluding steroid dienone is 3. The van der Waals surface area contributed by atoms with Gasteiger partial charge < -0.3 is 10.5 Å². The van der Waals surface area contributed by atoms with E-state index >= 15 is 0 Å². The molecule has 1 aromatic carbocycles. The highest BCUT2D eigenvalue weighted by Gasteiger charge is 2.33. The number of ether oxygens (including phenoxy) is 1. The number of nitriles is 1. The molecule has 102 valence electrons. The zero-order valence-corrected chi connectivity index (χ0v) is 11.1. The van der Waals surface area contributed by atoms with Crippen molar-refractivity contribution in [3.05, 3.63) is 58.4 Å². The lowest BCUT2D eigenvalue weighted by Gasteiger charge is -2.26. The number of benzene rings is 1. The predicted molar refractivity (Wildman–Crippen MR) is 70.4 cm³/mol. The highest BCUT2D eigenvalue weighted by Crippen LogP contribution is 2.39. The molecule has 2 N–H and O–H groups in total. The number of carbonyl (C=O) groups is 1. The van der Waals surface area contributed by atoms with E-state index in [-0.39, 0.29) is 17.2 Å². The standard InChI is InChI=1S/C15H13FN2O2/c1-8(19)13-9(2)20-15(18)12(7-17)14(13)10-4-3-5-11(16)6-10/h3-6,14H,18H2,1-2H3/t14-/m1/s1. The smallest absolute Gasteiger partial charge is 0.205 e. The number of Topliss-reactive ketones (excluding diaryl/α,β-unsaturated/α-hetero) is 1. The molecule has 0 spiro atoms. The number of hydrogen-bond acceptors (Lipinski definition) is 4. The summed E-state index contributed by atoms with van der Waals surface area (Å²) in [6.45, 7) is 2.98. The second-order valence-corrected chi connectivity index (χ2v) is 4.51. The molecule has 1 heterocycles. The molecule has 2 rings (SSSR count). The first-order valence-electron chi connectivity index (χ1n) is 6.00. The average molecular weight is 272 g/mol. The van der Waals surface area contributed by atoms with E-state index in [1.165, 1.54) is 25.1 Å². The van der Waals surface area contributed by atoms with Gasteiger partial charge in [0.25, 0.3) is 0 Å². The van der Waals surface area contributed by atoms with E-state index in [1.54, 1.807) is 13.0 Å². The van der Waals surface area contributed by atoms with Crippen LogP contribution in [-0.4, -0.2) is 5.78 Å². The molecule has 1 aromatic rings. The summed E-state index contributed by atoms with van der Waals surface area (Å²) in [5.74, 6) is -1.09. The first-order chi connectivity index (χ1) is 9.45. The van der Waals surface area contributed by atoms with Gasteiger partial charge in [0, 0.05) is 5.57 Å². The molecule has 20 heavy (non-hydrogen) atoms. The third-order valence-corrected chi connectivity index (χ3v) is 3.17. The SMILES string of the molecule is CC(=O)C1=C(C)OC(N)=C(C#N)[C@H]1c1cccc(F)c1. The molecule has 0 amide bonds. The van der Waals surface area contributed by atoms with Crippen molar-refractivity contribution in [3.8, 4) is 6.07 Å². The molecule has 1 aliphatic heterocycles. The highest BCUT2D eigenvalue weighted by atomic mass is 19.1. The van der Waals surface area contributed by atoms with Gasteiger partial charge in [-0.25, -0.2) is 4.39 Å². The lowest BCUT2D eigenvalue weighted by molar-refractivity contribution is -0.114. The van der Waals surface area contributed by atoms with Gasteiger partial charge in [-0.2, -0.15) is 5.26 Å². The fourth-order valence-corrected chi connectivity index (χ4v) is 2.36. The van der Waals surface area contributed by atoms with E-state index in [0.29, 0.717) is 16.9 Å². The second-order valence-electron chi connectivity index (χ2n) is 4.51. The summed E-state index contributed by atoms with van der Waals surface area (Å²) in [5, 5.41) is 9.25. The monoisotopic (exact) mass is 272 g/mol. The molecule has 0 aromatic heterocycles. The fourth-order valence-electron chi connectivity index (χ4n) is 2.36. The maximum absolute atomic E-state index is 13.4. The maximum atomic E-state index is 13.4. The number of carbonyl (C=O) groups excluding carboxylic acids is 1. The zero-order chi connectivity index (χ0) is 14.9. The molecule has 0 saturated heterocycles.